The zero-order chi connectivity index (χ0) is 16.8. The van der Waals surface area contributed by atoms with Crippen LogP contribution in [0.3, 0.4) is 0 Å². The first-order chi connectivity index (χ1) is 11.8. The molecule has 0 bridgehead atoms. The van der Waals surface area contributed by atoms with Gasteiger partial charge < -0.3 is 14.8 Å². The third kappa shape index (κ3) is 3.87. The molecule has 0 radical (unpaired) electrons. The van der Waals surface area contributed by atoms with E-state index in [9.17, 15) is 0 Å². The van der Waals surface area contributed by atoms with Gasteiger partial charge in [0.25, 0.3) is 0 Å². The van der Waals surface area contributed by atoms with E-state index < -0.39 is 0 Å². The van der Waals surface area contributed by atoms with E-state index in [1.165, 1.54) is 18.4 Å². The lowest BCUT2D eigenvalue weighted by molar-refractivity contribution is 0.296. The van der Waals surface area contributed by atoms with Crippen LogP contribution in [-0.2, 0) is 6.61 Å². The number of benzene rings is 2. The molecule has 3 rings (SSSR count). The molecule has 0 amide bonds. The minimum atomic E-state index is 0.421. The number of hydrogen-bond donors (Lipinski definition) is 1. The fraction of sp³-hybridized carbons (Fsp3) is 0.350. The molecule has 0 aromatic heterocycles. The first kappa shape index (κ1) is 16.4. The molecule has 2 aromatic rings. The molecular weight excluding hydrogens is 300 g/mol. The van der Waals surface area contributed by atoms with Gasteiger partial charge in [-0.2, -0.15) is 5.26 Å². The summed E-state index contributed by atoms with van der Waals surface area (Å²) in [6.07, 6.45) is 2.35. The quantitative estimate of drug-likeness (QED) is 0.913. The van der Waals surface area contributed by atoms with E-state index in [0.717, 1.165) is 24.4 Å². The fourth-order valence-corrected chi connectivity index (χ4v) is 3.11. The summed E-state index contributed by atoms with van der Waals surface area (Å²) in [6, 6.07) is 15.9. The average molecular weight is 322 g/mol. The number of piperidine rings is 1. The normalized spacial score (nSPS) is 14.8. The van der Waals surface area contributed by atoms with E-state index in [0.29, 0.717) is 23.8 Å². The highest BCUT2D eigenvalue weighted by Gasteiger charge is 2.15. The highest BCUT2D eigenvalue weighted by atomic mass is 16.5. The van der Waals surface area contributed by atoms with Crippen molar-refractivity contribution in [3.63, 3.8) is 0 Å². The Kier molecular flexibility index (Phi) is 5.35. The Labute approximate surface area is 143 Å². The molecule has 1 saturated heterocycles. The molecule has 1 aliphatic heterocycles. The van der Waals surface area contributed by atoms with E-state index >= 15 is 0 Å². The second-order valence-corrected chi connectivity index (χ2v) is 6.02. The average Bonchev–Trinajstić information content (AvgIpc) is 2.67. The lowest BCUT2D eigenvalue weighted by atomic mass is 9.90. The molecule has 2 aromatic carbocycles. The Morgan fingerprint density at radius 3 is 2.75 bits per heavy atom. The monoisotopic (exact) mass is 322 g/mol. The Bertz CT molecular complexity index is 731. The molecule has 0 aliphatic carbocycles. The molecule has 1 fully saturated rings. The van der Waals surface area contributed by atoms with Gasteiger partial charge in [0, 0.05) is 5.56 Å². The summed E-state index contributed by atoms with van der Waals surface area (Å²) in [5, 5.41) is 12.4. The second kappa shape index (κ2) is 7.85. The number of rotatable bonds is 5. The van der Waals surface area contributed by atoms with Crippen molar-refractivity contribution in [1.29, 1.82) is 5.26 Å². The van der Waals surface area contributed by atoms with Crippen molar-refractivity contribution in [3.8, 4) is 17.6 Å². The van der Waals surface area contributed by atoms with Crippen LogP contribution in [0.15, 0.2) is 42.5 Å². The van der Waals surface area contributed by atoms with Crippen LogP contribution in [0.4, 0.5) is 0 Å². The minimum Gasteiger partial charge on any atom is -0.496 e. The van der Waals surface area contributed by atoms with E-state index in [4.69, 9.17) is 14.7 Å². The molecule has 0 atom stereocenters. The second-order valence-electron chi connectivity index (χ2n) is 6.02. The van der Waals surface area contributed by atoms with Gasteiger partial charge in [-0.3, -0.25) is 0 Å². The van der Waals surface area contributed by atoms with Crippen LogP contribution in [0.5, 0.6) is 11.5 Å². The molecular formula is C20H22N2O2. The topological polar surface area (TPSA) is 54.3 Å². The van der Waals surface area contributed by atoms with Gasteiger partial charge in [0.2, 0.25) is 0 Å². The summed E-state index contributed by atoms with van der Waals surface area (Å²) in [6.45, 7) is 2.58. The van der Waals surface area contributed by atoms with Crippen LogP contribution in [0, 0.1) is 11.3 Å². The number of hydrogen-bond acceptors (Lipinski definition) is 4. The summed E-state index contributed by atoms with van der Waals surface area (Å²) in [4.78, 5) is 0. The van der Waals surface area contributed by atoms with E-state index in [2.05, 4.69) is 29.6 Å². The highest BCUT2D eigenvalue weighted by Crippen LogP contribution is 2.28. The Hall–Kier alpha value is -2.51. The predicted octanol–water partition coefficient (Wildman–Crippen LogP) is 3.61. The minimum absolute atomic E-state index is 0.421. The van der Waals surface area contributed by atoms with Gasteiger partial charge in [-0.1, -0.05) is 18.2 Å². The van der Waals surface area contributed by atoms with Gasteiger partial charge in [0.05, 0.1) is 18.7 Å². The molecule has 1 aliphatic rings. The summed E-state index contributed by atoms with van der Waals surface area (Å²) in [5.41, 5.74) is 2.87. The maximum Gasteiger partial charge on any atom is 0.126 e. The van der Waals surface area contributed by atoms with Crippen LogP contribution in [-0.4, -0.2) is 20.2 Å². The van der Waals surface area contributed by atoms with Crippen molar-refractivity contribution in [1.82, 2.24) is 5.32 Å². The summed E-state index contributed by atoms with van der Waals surface area (Å²) >= 11 is 0. The number of nitrogens with zero attached hydrogens (tertiary/aromatic N) is 1. The Morgan fingerprint density at radius 2 is 2.00 bits per heavy atom. The molecule has 1 heterocycles. The third-order valence-corrected chi connectivity index (χ3v) is 4.48. The van der Waals surface area contributed by atoms with Crippen molar-refractivity contribution < 1.29 is 9.47 Å². The molecule has 4 heteroatoms. The Balaban J connectivity index is 1.69. The zero-order valence-electron chi connectivity index (χ0n) is 13.9. The number of nitriles is 1. The van der Waals surface area contributed by atoms with Gasteiger partial charge in [-0.25, -0.2) is 0 Å². The van der Waals surface area contributed by atoms with E-state index in [-0.39, 0.29) is 0 Å². The van der Waals surface area contributed by atoms with Gasteiger partial charge in [0.1, 0.15) is 18.1 Å². The van der Waals surface area contributed by atoms with Crippen LogP contribution >= 0.6 is 0 Å². The molecule has 1 N–H and O–H groups in total. The summed E-state index contributed by atoms with van der Waals surface area (Å²) in [5.74, 6) is 2.17. The largest absolute Gasteiger partial charge is 0.496 e. The van der Waals surface area contributed by atoms with E-state index in [1.807, 2.05) is 12.1 Å². The van der Waals surface area contributed by atoms with Crippen molar-refractivity contribution in [2.75, 3.05) is 20.2 Å². The van der Waals surface area contributed by atoms with Crippen molar-refractivity contribution in [2.24, 2.45) is 0 Å². The zero-order valence-corrected chi connectivity index (χ0v) is 13.9. The Morgan fingerprint density at radius 1 is 1.17 bits per heavy atom. The predicted molar refractivity (Wildman–Crippen MR) is 93.3 cm³/mol. The van der Waals surface area contributed by atoms with Gasteiger partial charge in [-0.15, -0.1) is 0 Å². The maximum absolute atomic E-state index is 8.97. The first-order valence-corrected chi connectivity index (χ1v) is 8.30. The van der Waals surface area contributed by atoms with Crippen LogP contribution in [0.1, 0.15) is 35.4 Å². The lowest BCUT2D eigenvalue weighted by Gasteiger charge is -2.23. The van der Waals surface area contributed by atoms with Gasteiger partial charge in [0.15, 0.2) is 0 Å². The number of nitrogens with one attached hydrogen (secondary N) is 1. The third-order valence-electron chi connectivity index (χ3n) is 4.48. The van der Waals surface area contributed by atoms with Crippen LogP contribution < -0.4 is 14.8 Å². The van der Waals surface area contributed by atoms with Crippen molar-refractivity contribution >= 4 is 0 Å². The van der Waals surface area contributed by atoms with Gasteiger partial charge in [-0.05, 0) is 61.7 Å². The molecule has 0 spiro atoms. The maximum atomic E-state index is 8.97. The summed E-state index contributed by atoms with van der Waals surface area (Å²) in [7, 11) is 1.61. The number of methoxy groups -OCH3 is 1. The standard InChI is InChI=1S/C20H22N2O2/c1-23-20-11-15(13-21)5-6-18(20)14-24-19-4-2-3-17(12-19)16-7-9-22-10-8-16/h2-6,11-12,16,22H,7-10,14H2,1H3. The molecule has 24 heavy (non-hydrogen) atoms. The smallest absolute Gasteiger partial charge is 0.126 e. The van der Waals surface area contributed by atoms with Crippen LogP contribution in [0.25, 0.3) is 0 Å². The fourth-order valence-electron chi connectivity index (χ4n) is 3.11. The van der Waals surface area contributed by atoms with Crippen molar-refractivity contribution in [2.45, 2.75) is 25.4 Å². The lowest BCUT2D eigenvalue weighted by Crippen LogP contribution is -2.26. The van der Waals surface area contributed by atoms with Crippen LogP contribution in [0.2, 0.25) is 0 Å². The molecule has 0 unspecified atom stereocenters. The van der Waals surface area contributed by atoms with Gasteiger partial charge >= 0.3 is 0 Å². The summed E-state index contributed by atoms with van der Waals surface area (Å²) < 4.78 is 11.3. The molecule has 0 saturated carbocycles. The molecule has 4 nitrogen and oxygen atoms in total. The van der Waals surface area contributed by atoms with E-state index in [1.54, 1.807) is 19.2 Å². The first-order valence-electron chi connectivity index (χ1n) is 8.30. The number of ether oxygens (including phenoxy) is 2. The van der Waals surface area contributed by atoms with Crippen molar-refractivity contribution in [3.05, 3.63) is 59.2 Å². The SMILES string of the molecule is COc1cc(C#N)ccc1COc1cccc(C2CCNCC2)c1. The highest BCUT2D eigenvalue weighted by molar-refractivity contribution is 5.42. The molecule has 124 valence electrons.